The van der Waals surface area contributed by atoms with Crippen molar-refractivity contribution in [2.24, 2.45) is 20.0 Å². The number of rotatable bonds is 6. The van der Waals surface area contributed by atoms with E-state index in [1.165, 1.54) is 0 Å². The molecule has 0 spiro atoms. The normalized spacial score (nSPS) is 15.4. The van der Waals surface area contributed by atoms with Crippen LogP contribution in [0.2, 0.25) is 0 Å². The van der Waals surface area contributed by atoms with Crippen LogP contribution in [0.15, 0.2) is 166 Å². The second kappa shape index (κ2) is 10.5. The number of nitrogens with zero attached hydrogens (tertiary/aromatic N) is 4. The van der Waals surface area contributed by atoms with E-state index in [2.05, 4.69) is 72.8 Å². The van der Waals surface area contributed by atoms with E-state index in [1.54, 1.807) is 0 Å². The van der Waals surface area contributed by atoms with E-state index in [9.17, 15) is 0 Å². The zero-order valence-electron chi connectivity index (χ0n) is 21.8. The number of hydrogen-bond acceptors (Lipinski definition) is 4. The molecule has 4 heteroatoms. The van der Waals surface area contributed by atoms with Gasteiger partial charge in [-0.3, -0.25) is 20.0 Å². The van der Waals surface area contributed by atoms with Crippen molar-refractivity contribution in [3.8, 4) is 0 Å². The molecule has 5 aromatic rings. The van der Waals surface area contributed by atoms with Crippen molar-refractivity contribution in [2.75, 3.05) is 0 Å². The fourth-order valence-electron chi connectivity index (χ4n) is 5.16. The molecule has 0 saturated heterocycles. The van der Waals surface area contributed by atoms with Gasteiger partial charge in [-0.25, -0.2) is 0 Å². The maximum absolute atomic E-state index is 5.07. The van der Waals surface area contributed by atoms with Crippen molar-refractivity contribution in [3.05, 3.63) is 179 Å². The van der Waals surface area contributed by atoms with Gasteiger partial charge in [0.15, 0.2) is 12.3 Å². The van der Waals surface area contributed by atoms with Gasteiger partial charge in [0.1, 0.15) is 0 Å². The van der Waals surface area contributed by atoms with Gasteiger partial charge in [0.05, 0.1) is 22.8 Å². The molecule has 5 aromatic carbocycles. The predicted octanol–water partition coefficient (Wildman–Crippen LogP) is 7.67. The topological polar surface area (TPSA) is 49.4 Å². The molecule has 0 N–H and O–H groups in total. The van der Waals surface area contributed by atoms with E-state index in [-0.39, 0.29) is 12.3 Å². The molecule has 2 aliphatic rings. The van der Waals surface area contributed by atoms with E-state index in [4.69, 9.17) is 20.0 Å². The molecule has 7 rings (SSSR count). The number of aliphatic imine (C=N–C) groups is 4. The van der Waals surface area contributed by atoms with Gasteiger partial charge >= 0.3 is 0 Å². The van der Waals surface area contributed by atoms with Crippen LogP contribution in [0.3, 0.4) is 0 Å². The summed E-state index contributed by atoms with van der Waals surface area (Å²) in [5.74, 6) is 0. The fraction of sp³-hybridized carbons (Fsp3) is 0.0556. The van der Waals surface area contributed by atoms with Gasteiger partial charge < -0.3 is 0 Å². The van der Waals surface area contributed by atoms with Crippen LogP contribution in [0.1, 0.15) is 45.7 Å². The molecule has 2 heterocycles. The minimum absolute atomic E-state index is 0.296. The summed E-state index contributed by atoms with van der Waals surface area (Å²) in [6, 6.07) is 49.6. The molecule has 0 aliphatic carbocycles. The van der Waals surface area contributed by atoms with Crippen molar-refractivity contribution in [3.63, 3.8) is 0 Å². The van der Waals surface area contributed by atoms with Gasteiger partial charge in [-0.2, -0.15) is 0 Å². The highest BCUT2D eigenvalue weighted by Crippen LogP contribution is 2.32. The molecule has 0 atom stereocenters. The quantitative estimate of drug-likeness (QED) is 0.223. The van der Waals surface area contributed by atoms with Gasteiger partial charge in [0.25, 0.3) is 0 Å². The minimum atomic E-state index is -0.296. The Morgan fingerprint density at radius 2 is 0.500 bits per heavy atom. The van der Waals surface area contributed by atoms with Gasteiger partial charge in [-0.05, 0) is 11.1 Å². The summed E-state index contributed by atoms with van der Waals surface area (Å²) >= 11 is 0. The van der Waals surface area contributed by atoms with Crippen LogP contribution in [0, 0.1) is 0 Å². The largest absolute Gasteiger partial charge is 0.251 e. The van der Waals surface area contributed by atoms with E-state index in [0.29, 0.717) is 0 Å². The summed E-state index contributed by atoms with van der Waals surface area (Å²) < 4.78 is 0. The maximum atomic E-state index is 5.07. The molecule has 0 amide bonds. The lowest BCUT2D eigenvalue weighted by Crippen LogP contribution is -2.13. The lowest BCUT2D eigenvalue weighted by Gasteiger charge is -2.08. The fourth-order valence-corrected chi connectivity index (χ4v) is 5.16. The molecule has 4 nitrogen and oxygen atoms in total. The Bertz CT molecular complexity index is 1510. The molecule has 40 heavy (non-hydrogen) atoms. The molecule has 0 aromatic heterocycles. The SMILES string of the molecule is c1ccc(C2=NC(c3ccc(C4N=C(c5ccccc5)C(c5ccccc5)=N4)cc3)N=C2c2ccccc2)cc1. The van der Waals surface area contributed by atoms with E-state index < -0.39 is 0 Å². The van der Waals surface area contributed by atoms with Crippen molar-refractivity contribution in [1.82, 2.24) is 0 Å². The molecule has 2 aliphatic heterocycles. The Morgan fingerprint density at radius 1 is 0.275 bits per heavy atom. The van der Waals surface area contributed by atoms with Crippen LogP contribution in [0.4, 0.5) is 0 Å². The molecule has 0 radical (unpaired) electrons. The third kappa shape index (κ3) is 4.61. The summed E-state index contributed by atoms with van der Waals surface area (Å²) in [5.41, 5.74) is 10.1. The van der Waals surface area contributed by atoms with Crippen LogP contribution in [-0.2, 0) is 0 Å². The van der Waals surface area contributed by atoms with Crippen molar-refractivity contribution in [2.45, 2.75) is 12.3 Å². The zero-order valence-corrected chi connectivity index (χ0v) is 21.8. The van der Waals surface area contributed by atoms with Gasteiger partial charge in [0.2, 0.25) is 0 Å². The van der Waals surface area contributed by atoms with E-state index in [1.807, 2.05) is 72.8 Å². The minimum Gasteiger partial charge on any atom is -0.251 e. The van der Waals surface area contributed by atoms with Crippen molar-refractivity contribution >= 4 is 22.8 Å². The second-order valence-electron chi connectivity index (χ2n) is 9.79. The Kier molecular flexibility index (Phi) is 6.27. The average Bonchev–Trinajstić information content (AvgIpc) is 3.69. The molecule has 0 fully saturated rings. The summed E-state index contributed by atoms with van der Waals surface area (Å²) in [6.45, 7) is 0. The van der Waals surface area contributed by atoms with E-state index in [0.717, 1.165) is 56.2 Å². The Labute approximate surface area is 233 Å². The molecule has 0 unspecified atom stereocenters. The molecule has 0 bridgehead atoms. The third-order valence-corrected chi connectivity index (χ3v) is 7.18. The Morgan fingerprint density at radius 3 is 0.725 bits per heavy atom. The van der Waals surface area contributed by atoms with Gasteiger partial charge in [-0.15, -0.1) is 0 Å². The number of hydrogen-bond donors (Lipinski definition) is 0. The van der Waals surface area contributed by atoms with E-state index >= 15 is 0 Å². The van der Waals surface area contributed by atoms with Crippen LogP contribution < -0.4 is 0 Å². The summed E-state index contributed by atoms with van der Waals surface area (Å²) in [7, 11) is 0. The molecule has 0 saturated carbocycles. The summed E-state index contributed by atoms with van der Waals surface area (Å²) in [5, 5.41) is 0. The van der Waals surface area contributed by atoms with Crippen LogP contribution in [-0.4, -0.2) is 22.8 Å². The zero-order chi connectivity index (χ0) is 26.7. The predicted molar refractivity (Wildman–Crippen MR) is 164 cm³/mol. The highest BCUT2D eigenvalue weighted by atomic mass is 15.1. The Hall–Kier alpha value is -5.22. The Balaban J connectivity index is 1.22. The maximum Gasteiger partial charge on any atom is 0.166 e. The number of benzene rings is 5. The first-order valence-electron chi connectivity index (χ1n) is 13.5. The first kappa shape index (κ1) is 23.9. The lowest BCUT2D eigenvalue weighted by atomic mass is 10.0. The van der Waals surface area contributed by atoms with Gasteiger partial charge in [0, 0.05) is 22.3 Å². The summed E-state index contributed by atoms with van der Waals surface area (Å²) in [4.78, 5) is 20.3. The first-order chi connectivity index (χ1) is 19.8. The van der Waals surface area contributed by atoms with Crippen LogP contribution in [0.25, 0.3) is 0 Å². The second-order valence-corrected chi connectivity index (χ2v) is 9.79. The molecule has 190 valence electrons. The highest BCUT2D eigenvalue weighted by Gasteiger charge is 2.27. The molecular formula is C36H26N4. The van der Waals surface area contributed by atoms with Crippen LogP contribution >= 0.6 is 0 Å². The monoisotopic (exact) mass is 514 g/mol. The molecular weight excluding hydrogens is 488 g/mol. The van der Waals surface area contributed by atoms with Crippen molar-refractivity contribution in [1.29, 1.82) is 0 Å². The first-order valence-corrected chi connectivity index (χ1v) is 13.5. The average molecular weight is 515 g/mol. The standard InChI is InChI=1S/C36H26N4/c1-5-13-25(14-6-1)31-32(26-15-7-2-8-16-26)38-35(37-31)29-21-23-30(24-22-29)36-39-33(27-17-9-3-10-18-27)34(40-36)28-19-11-4-12-20-28/h1-24,35-36H. The summed E-state index contributed by atoms with van der Waals surface area (Å²) in [6.07, 6.45) is -0.593. The van der Waals surface area contributed by atoms with Crippen LogP contribution in [0.5, 0.6) is 0 Å². The smallest absolute Gasteiger partial charge is 0.166 e. The van der Waals surface area contributed by atoms with Gasteiger partial charge in [-0.1, -0.05) is 146 Å². The lowest BCUT2D eigenvalue weighted by molar-refractivity contribution is 0.780. The highest BCUT2D eigenvalue weighted by molar-refractivity contribution is 6.55. The third-order valence-electron chi connectivity index (χ3n) is 7.18. The van der Waals surface area contributed by atoms with Crippen molar-refractivity contribution < 1.29 is 0 Å².